The summed E-state index contributed by atoms with van der Waals surface area (Å²) >= 11 is 1.56. The number of carbonyl (C=O) groups is 1. The lowest BCUT2D eigenvalue weighted by Gasteiger charge is -2.29. The van der Waals surface area contributed by atoms with Crippen LogP contribution in [0.25, 0.3) is 0 Å². The van der Waals surface area contributed by atoms with E-state index in [0.717, 1.165) is 23.3 Å². The molecule has 1 saturated heterocycles. The fraction of sp³-hybridized carbons (Fsp3) is 0.765. The van der Waals surface area contributed by atoms with Crippen molar-refractivity contribution >= 4 is 22.4 Å². The van der Waals surface area contributed by atoms with Crippen LogP contribution >= 0.6 is 11.3 Å². The summed E-state index contributed by atoms with van der Waals surface area (Å²) in [4.78, 5) is 19.1. The van der Waals surface area contributed by atoms with E-state index in [9.17, 15) is 4.79 Å². The number of nitrogens with one attached hydrogen (secondary N) is 1. The summed E-state index contributed by atoms with van der Waals surface area (Å²) in [6, 6.07) is 0. The van der Waals surface area contributed by atoms with Crippen molar-refractivity contribution in [2.45, 2.75) is 58.4 Å². The van der Waals surface area contributed by atoms with Crippen LogP contribution in [0.2, 0.25) is 0 Å². The number of amides is 1. The lowest BCUT2D eigenvalue weighted by molar-refractivity contribution is -0.117. The summed E-state index contributed by atoms with van der Waals surface area (Å²) in [6.45, 7) is 5.59. The molecule has 22 heavy (non-hydrogen) atoms. The Bertz CT molecular complexity index is 488. The van der Waals surface area contributed by atoms with Gasteiger partial charge >= 0.3 is 0 Å². The Kier molecular flexibility index (Phi) is 5.47. The molecule has 1 amide bonds. The first-order valence-electron chi connectivity index (χ1n) is 8.65. The number of likely N-dealkylation sites (tertiary alicyclic amines) is 1. The van der Waals surface area contributed by atoms with Crippen molar-refractivity contribution < 1.29 is 4.79 Å². The van der Waals surface area contributed by atoms with Gasteiger partial charge in [-0.3, -0.25) is 9.69 Å². The van der Waals surface area contributed by atoms with E-state index < -0.39 is 0 Å². The summed E-state index contributed by atoms with van der Waals surface area (Å²) in [7, 11) is 0. The monoisotopic (exact) mass is 321 g/mol. The molecule has 1 saturated carbocycles. The van der Waals surface area contributed by atoms with E-state index in [0.29, 0.717) is 12.3 Å². The average Bonchev–Trinajstić information content (AvgIpc) is 3.14. The predicted molar refractivity (Wildman–Crippen MR) is 91.0 cm³/mol. The normalized spacial score (nSPS) is 21.3. The van der Waals surface area contributed by atoms with Crippen LogP contribution in [0.4, 0.5) is 5.13 Å². The highest BCUT2D eigenvalue weighted by Crippen LogP contribution is 2.28. The van der Waals surface area contributed by atoms with Gasteiger partial charge in [0.2, 0.25) is 5.91 Å². The topological polar surface area (TPSA) is 45.2 Å². The standard InChI is InChI=1S/C17H27N3OS/c1-13-6-8-20(9-7-13)11-15-12-22-17(18-15)19-16(21)10-14-4-2-3-5-14/h12-14H,2-11H2,1H3,(H,18,19,21). The Morgan fingerprint density at radius 3 is 2.77 bits per heavy atom. The van der Waals surface area contributed by atoms with Gasteiger partial charge < -0.3 is 5.32 Å². The van der Waals surface area contributed by atoms with Crippen LogP contribution in [-0.2, 0) is 11.3 Å². The fourth-order valence-corrected chi connectivity index (χ4v) is 4.25. The Morgan fingerprint density at radius 1 is 1.32 bits per heavy atom. The Morgan fingerprint density at radius 2 is 2.05 bits per heavy atom. The maximum absolute atomic E-state index is 12.0. The summed E-state index contributed by atoms with van der Waals surface area (Å²) in [5.74, 6) is 1.59. The number of anilines is 1. The van der Waals surface area contributed by atoms with Crippen LogP contribution < -0.4 is 5.32 Å². The zero-order valence-electron chi connectivity index (χ0n) is 13.5. The van der Waals surface area contributed by atoms with Crippen molar-refractivity contribution in [1.29, 1.82) is 0 Å². The zero-order chi connectivity index (χ0) is 15.4. The molecular weight excluding hydrogens is 294 g/mol. The second-order valence-corrected chi connectivity index (χ2v) is 7.86. The quantitative estimate of drug-likeness (QED) is 0.895. The van der Waals surface area contributed by atoms with Crippen LogP contribution in [0.1, 0.15) is 57.6 Å². The Balaban J connectivity index is 1.45. The number of thiazole rings is 1. The van der Waals surface area contributed by atoms with Crippen molar-refractivity contribution in [3.8, 4) is 0 Å². The van der Waals surface area contributed by atoms with Gasteiger partial charge in [-0.2, -0.15) is 0 Å². The van der Waals surface area contributed by atoms with Gasteiger partial charge in [0.05, 0.1) is 5.69 Å². The summed E-state index contributed by atoms with van der Waals surface area (Å²) in [5.41, 5.74) is 1.09. The zero-order valence-corrected chi connectivity index (χ0v) is 14.3. The van der Waals surface area contributed by atoms with Crippen molar-refractivity contribution in [3.63, 3.8) is 0 Å². The van der Waals surface area contributed by atoms with Gasteiger partial charge in [0, 0.05) is 18.3 Å². The van der Waals surface area contributed by atoms with E-state index in [1.807, 2.05) is 0 Å². The fourth-order valence-electron chi connectivity index (χ4n) is 3.53. The smallest absolute Gasteiger partial charge is 0.226 e. The molecule has 2 fully saturated rings. The minimum absolute atomic E-state index is 0.139. The molecule has 0 atom stereocenters. The van der Waals surface area contributed by atoms with Crippen molar-refractivity contribution in [3.05, 3.63) is 11.1 Å². The SMILES string of the molecule is CC1CCN(Cc2csc(NC(=O)CC3CCCC3)n2)CC1. The molecule has 0 aromatic carbocycles. The first-order valence-corrected chi connectivity index (χ1v) is 9.53. The van der Waals surface area contributed by atoms with Gasteiger partial charge in [-0.05, 0) is 50.6 Å². The lowest BCUT2D eigenvalue weighted by Crippen LogP contribution is -2.32. The third-order valence-electron chi connectivity index (χ3n) is 5.01. The maximum atomic E-state index is 12.0. The highest BCUT2D eigenvalue weighted by atomic mass is 32.1. The molecule has 1 aromatic rings. The van der Waals surface area contributed by atoms with Gasteiger partial charge in [-0.25, -0.2) is 4.98 Å². The van der Waals surface area contributed by atoms with Gasteiger partial charge in [0.15, 0.2) is 5.13 Å². The van der Waals surface area contributed by atoms with Crippen LogP contribution in [-0.4, -0.2) is 28.9 Å². The van der Waals surface area contributed by atoms with E-state index in [-0.39, 0.29) is 5.91 Å². The van der Waals surface area contributed by atoms with Gasteiger partial charge in [0.25, 0.3) is 0 Å². The molecule has 3 rings (SSSR count). The molecule has 2 aliphatic rings. The number of aromatic nitrogens is 1. The van der Waals surface area contributed by atoms with E-state index >= 15 is 0 Å². The average molecular weight is 321 g/mol. The highest BCUT2D eigenvalue weighted by molar-refractivity contribution is 7.13. The Labute approximate surface area is 137 Å². The molecule has 0 spiro atoms. The van der Waals surface area contributed by atoms with E-state index in [4.69, 9.17) is 0 Å². The van der Waals surface area contributed by atoms with Crippen molar-refractivity contribution in [2.24, 2.45) is 11.8 Å². The van der Waals surface area contributed by atoms with Crippen LogP contribution in [0, 0.1) is 11.8 Å². The van der Waals surface area contributed by atoms with Crippen molar-refractivity contribution in [1.82, 2.24) is 9.88 Å². The molecule has 122 valence electrons. The molecule has 0 radical (unpaired) electrons. The minimum atomic E-state index is 0.139. The van der Waals surface area contributed by atoms with Gasteiger partial charge in [-0.1, -0.05) is 19.8 Å². The van der Waals surface area contributed by atoms with Crippen molar-refractivity contribution in [2.75, 3.05) is 18.4 Å². The van der Waals surface area contributed by atoms with E-state index in [1.165, 1.54) is 51.6 Å². The molecular formula is C17H27N3OS. The maximum Gasteiger partial charge on any atom is 0.226 e. The van der Waals surface area contributed by atoms with Gasteiger partial charge in [-0.15, -0.1) is 11.3 Å². The number of nitrogens with zero attached hydrogens (tertiary/aromatic N) is 2. The number of hydrogen-bond donors (Lipinski definition) is 1. The molecule has 1 aliphatic heterocycles. The second-order valence-electron chi connectivity index (χ2n) is 7.01. The molecule has 0 bridgehead atoms. The number of carbonyl (C=O) groups excluding carboxylic acids is 1. The third kappa shape index (κ3) is 4.53. The van der Waals surface area contributed by atoms with Crippen LogP contribution in [0.15, 0.2) is 5.38 Å². The molecule has 5 heteroatoms. The van der Waals surface area contributed by atoms with Gasteiger partial charge in [0.1, 0.15) is 0 Å². The molecule has 1 aliphatic carbocycles. The largest absolute Gasteiger partial charge is 0.302 e. The molecule has 1 aromatic heterocycles. The second kappa shape index (κ2) is 7.55. The molecule has 0 unspecified atom stereocenters. The van der Waals surface area contributed by atoms with Crippen LogP contribution in [0.3, 0.4) is 0 Å². The molecule has 1 N–H and O–H groups in total. The molecule has 4 nitrogen and oxygen atoms in total. The number of rotatable bonds is 5. The van der Waals surface area contributed by atoms with E-state index in [1.54, 1.807) is 11.3 Å². The van der Waals surface area contributed by atoms with Crippen LogP contribution in [0.5, 0.6) is 0 Å². The lowest BCUT2D eigenvalue weighted by atomic mass is 9.99. The number of hydrogen-bond acceptors (Lipinski definition) is 4. The Hall–Kier alpha value is -0.940. The summed E-state index contributed by atoms with van der Waals surface area (Å²) in [6.07, 6.45) is 8.23. The number of piperidine rings is 1. The minimum Gasteiger partial charge on any atom is -0.302 e. The highest BCUT2D eigenvalue weighted by Gasteiger charge is 2.20. The van der Waals surface area contributed by atoms with E-state index in [2.05, 4.69) is 27.5 Å². The third-order valence-corrected chi connectivity index (χ3v) is 5.82. The predicted octanol–water partition coefficient (Wildman–Crippen LogP) is 3.89. The summed E-state index contributed by atoms with van der Waals surface area (Å²) in [5, 5.41) is 5.84. The molecule has 2 heterocycles. The summed E-state index contributed by atoms with van der Waals surface area (Å²) < 4.78 is 0. The first-order chi connectivity index (χ1) is 10.7. The first kappa shape index (κ1) is 15.9.